The average molecular weight is 518 g/mol. The van der Waals surface area contributed by atoms with Gasteiger partial charge in [-0.2, -0.15) is 9.57 Å². The lowest BCUT2D eigenvalue weighted by Crippen LogP contribution is -2.50. The molecule has 1 saturated heterocycles. The number of nitrogens with one attached hydrogen (secondary N) is 1. The minimum absolute atomic E-state index is 0.0750. The van der Waals surface area contributed by atoms with Crippen molar-refractivity contribution in [2.45, 2.75) is 24.8 Å². The number of benzene rings is 1. The molecule has 0 spiro atoms. The Balaban J connectivity index is 1.43. The van der Waals surface area contributed by atoms with Crippen LogP contribution in [-0.2, 0) is 27.7 Å². The molecule has 2 aliphatic heterocycles. The smallest absolute Gasteiger partial charge is 0.409 e. The highest BCUT2D eigenvalue weighted by atomic mass is 32.2. The molecular formula is C23H27N5O5S2. The molecule has 0 radical (unpaired) electrons. The van der Waals surface area contributed by atoms with Crippen LogP contribution in [0.3, 0.4) is 0 Å². The van der Waals surface area contributed by atoms with Gasteiger partial charge in [-0.1, -0.05) is 0 Å². The zero-order chi connectivity index (χ0) is 25.2. The zero-order valence-electron chi connectivity index (χ0n) is 19.6. The van der Waals surface area contributed by atoms with E-state index in [1.807, 2.05) is 7.05 Å². The fourth-order valence-electron chi connectivity index (χ4n) is 4.17. The van der Waals surface area contributed by atoms with Gasteiger partial charge in [-0.15, -0.1) is 11.3 Å². The summed E-state index contributed by atoms with van der Waals surface area (Å²) in [5.74, 6) is -0.402. The van der Waals surface area contributed by atoms with Crippen molar-refractivity contribution < 1.29 is 22.7 Å². The highest BCUT2D eigenvalue weighted by Gasteiger charge is 2.31. The van der Waals surface area contributed by atoms with E-state index >= 15 is 0 Å². The van der Waals surface area contributed by atoms with Gasteiger partial charge in [0.1, 0.15) is 11.1 Å². The van der Waals surface area contributed by atoms with Crippen molar-refractivity contribution in [2.24, 2.45) is 0 Å². The molecule has 4 rings (SSSR count). The van der Waals surface area contributed by atoms with Crippen molar-refractivity contribution in [3.63, 3.8) is 0 Å². The number of anilines is 1. The van der Waals surface area contributed by atoms with Gasteiger partial charge in [-0.05, 0) is 50.2 Å². The van der Waals surface area contributed by atoms with Gasteiger partial charge in [0, 0.05) is 49.7 Å². The quantitative estimate of drug-likeness (QED) is 0.646. The number of amides is 2. The van der Waals surface area contributed by atoms with E-state index in [1.54, 1.807) is 6.92 Å². The van der Waals surface area contributed by atoms with Crippen molar-refractivity contribution in [1.29, 1.82) is 5.26 Å². The second-order valence-electron chi connectivity index (χ2n) is 8.38. The summed E-state index contributed by atoms with van der Waals surface area (Å²) in [4.78, 5) is 29.5. The summed E-state index contributed by atoms with van der Waals surface area (Å²) in [5, 5.41) is 13.0. The van der Waals surface area contributed by atoms with Crippen LogP contribution < -0.4 is 5.32 Å². The van der Waals surface area contributed by atoms with Crippen molar-refractivity contribution in [3.05, 3.63) is 45.8 Å². The molecule has 2 aromatic rings. The van der Waals surface area contributed by atoms with Crippen LogP contribution in [0.4, 0.5) is 9.80 Å². The number of ether oxygens (including phenoxy) is 1. The third-order valence-corrected chi connectivity index (χ3v) is 9.15. The molecule has 186 valence electrons. The summed E-state index contributed by atoms with van der Waals surface area (Å²) in [6.45, 7) is 4.42. The lowest BCUT2D eigenvalue weighted by atomic mass is 10.0. The Morgan fingerprint density at radius 1 is 1.14 bits per heavy atom. The number of hydrogen-bond donors (Lipinski definition) is 1. The first kappa shape index (κ1) is 25.1. The Kier molecular flexibility index (Phi) is 7.42. The number of thiophene rings is 1. The molecule has 1 fully saturated rings. The first-order valence-electron chi connectivity index (χ1n) is 11.3. The van der Waals surface area contributed by atoms with E-state index in [-0.39, 0.29) is 37.7 Å². The first-order valence-corrected chi connectivity index (χ1v) is 13.6. The predicted molar refractivity (Wildman–Crippen MR) is 131 cm³/mol. The lowest BCUT2D eigenvalue weighted by Gasteiger charge is -2.33. The molecule has 0 atom stereocenters. The molecule has 1 aromatic heterocycles. The minimum atomic E-state index is -3.77. The number of rotatable bonds is 5. The molecule has 10 nitrogen and oxygen atoms in total. The second kappa shape index (κ2) is 10.3. The van der Waals surface area contributed by atoms with Gasteiger partial charge in [0.05, 0.1) is 17.1 Å². The van der Waals surface area contributed by atoms with Gasteiger partial charge in [0.25, 0.3) is 5.91 Å². The van der Waals surface area contributed by atoms with Crippen LogP contribution >= 0.6 is 11.3 Å². The SMILES string of the molecule is CCOC(=O)N1CCN(S(=O)(=O)c2ccc(C(=O)Nc3sc4c(c3C#N)CCN(C)C4)cc2)CC1. The van der Waals surface area contributed by atoms with Gasteiger partial charge in [0.15, 0.2) is 0 Å². The number of hydrogen-bond acceptors (Lipinski definition) is 8. The van der Waals surface area contributed by atoms with Crippen molar-refractivity contribution in [1.82, 2.24) is 14.1 Å². The Bertz CT molecular complexity index is 1260. The summed E-state index contributed by atoms with van der Waals surface area (Å²) >= 11 is 1.41. The molecule has 12 heteroatoms. The van der Waals surface area contributed by atoms with Gasteiger partial charge in [0.2, 0.25) is 10.0 Å². The van der Waals surface area contributed by atoms with Crippen molar-refractivity contribution in [3.8, 4) is 6.07 Å². The number of piperazine rings is 1. The minimum Gasteiger partial charge on any atom is -0.450 e. The molecular weight excluding hydrogens is 490 g/mol. The number of sulfonamides is 1. The van der Waals surface area contributed by atoms with Crippen LogP contribution in [0.15, 0.2) is 29.2 Å². The number of nitrogens with zero attached hydrogens (tertiary/aromatic N) is 4. The van der Waals surface area contributed by atoms with Crippen LogP contribution in [0.1, 0.15) is 33.3 Å². The van der Waals surface area contributed by atoms with E-state index in [2.05, 4.69) is 16.3 Å². The number of fused-ring (bicyclic) bond motifs is 1. The van der Waals surface area contributed by atoms with E-state index in [1.165, 1.54) is 44.8 Å². The molecule has 0 unspecified atom stereocenters. The van der Waals surface area contributed by atoms with Crippen molar-refractivity contribution >= 4 is 38.4 Å². The van der Waals surface area contributed by atoms with Crippen LogP contribution in [0, 0.1) is 11.3 Å². The molecule has 2 amide bonds. The predicted octanol–water partition coefficient (Wildman–Crippen LogP) is 2.32. The van der Waals surface area contributed by atoms with Crippen LogP contribution in [0.25, 0.3) is 0 Å². The third kappa shape index (κ3) is 5.18. The van der Waals surface area contributed by atoms with E-state index in [4.69, 9.17) is 4.74 Å². The molecule has 3 heterocycles. The van der Waals surface area contributed by atoms with Gasteiger partial charge in [-0.3, -0.25) is 4.79 Å². The van der Waals surface area contributed by atoms with Gasteiger partial charge < -0.3 is 19.9 Å². The average Bonchev–Trinajstić information content (AvgIpc) is 3.20. The number of carbonyl (C=O) groups is 2. The Morgan fingerprint density at radius 2 is 1.83 bits per heavy atom. The second-order valence-corrected chi connectivity index (χ2v) is 11.4. The molecule has 1 aromatic carbocycles. The summed E-state index contributed by atoms with van der Waals surface area (Å²) in [5.41, 5.74) is 1.80. The van der Waals surface area contributed by atoms with E-state index < -0.39 is 22.0 Å². The van der Waals surface area contributed by atoms with Crippen LogP contribution in [0.2, 0.25) is 0 Å². The van der Waals surface area contributed by atoms with Crippen LogP contribution in [-0.4, -0.2) is 80.9 Å². The molecule has 0 aliphatic carbocycles. The number of nitriles is 1. The highest BCUT2D eigenvalue weighted by Crippen LogP contribution is 2.36. The molecule has 0 bridgehead atoms. The summed E-state index contributed by atoms with van der Waals surface area (Å²) in [7, 11) is -1.75. The lowest BCUT2D eigenvalue weighted by molar-refractivity contribution is 0.0933. The van der Waals surface area contributed by atoms with Crippen molar-refractivity contribution in [2.75, 3.05) is 51.7 Å². The van der Waals surface area contributed by atoms with E-state index in [0.717, 1.165) is 30.0 Å². The van der Waals surface area contributed by atoms with E-state index in [9.17, 15) is 23.3 Å². The standard InChI is InChI=1S/C23H27N5O5S2/c1-3-33-23(30)27-10-12-28(13-11-27)35(31,32)17-6-4-16(5-7-17)21(29)25-22-19(14-24)18-8-9-26(2)15-20(18)34-22/h4-7H,3,8-13,15H2,1-2H3,(H,25,29). The number of carbonyl (C=O) groups excluding carboxylic acids is 2. The maximum atomic E-state index is 13.0. The fraction of sp³-hybridized carbons (Fsp3) is 0.435. The number of likely N-dealkylation sites (N-methyl/N-ethyl adjacent to an activating group) is 1. The van der Waals surface area contributed by atoms with Crippen LogP contribution in [0.5, 0.6) is 0 Å². The zero-order valence-corrected chi connectivity index (χ0v) is 21.2. The molecule has 35 heavy (non-hydrogen) atoms. The molecule has 0 saturated carbocycles. The highest BCUT2D eigenvalue weighted by molar-refractivity contribution is 7.89. The molecule has 2 aliphatic rings. The summed E-state index contributed by atoms with van der Waals surface area (Å²) < 4.78 is 32.4. The van der Waals surface area contributed by atoms with E-state index in [0.29, 0.717) is 16.1 Å². The maximum Gasteiger partial charge on any atom is 0.409 e. The summed E-state index contributed by atoms with van der Waals surface area (Å²) in [6, 6.07) is 7.95. The molecule has 1 N–H and O–H groups in total. The largest absolute Gasteiger partial charge is 0.450 e. The third-order valence-electron chi connectivity index (χ3n) is 6.11. The Morgan fingerprint density at radius 3 is 2.46 bits per heavy atom. The normalized spacial score (nSPS) is 16.9. The topological polar surface area (TPSA) is 123 Å². The Hall–Kier alpha value is -2.98. The van der Waals surface area contributed by atoms with Gasteiger partial charge >= 0.3 is 6.09 Å². The monoisotopic (exact) mass is 517 g/mol. The fourth-order valence-corrected chi connectivity index (χ4v) is 6.86. The summed E-state index contributed by atoms with van der Waals surface area (Å²) in [6.07, 6.45) is 0.319. The maximum absolute atomic E-state index is 13.0. The van der Waals surface area contributed by atoms with Gasteiger partial charge in [-0.25, -0.2) is 13.2 Å². The first-order chi connectivity index (χ1) is 16.7. The Labute approximate surface area is 208 Å².